The summed E-state index contributed by atoms with van der Waals surface area (Å²) in [6.45, 7) is 2.46. The predicted molar refractivity (Wildman–Crippen MR) is 212 cm³/mol. The second kappa shape index (κ2) is 16.5. The van der Waals surface area contributed by atoms with Gasteiger partial charge in [0.1, 0.15) is 23.1 Å². The number of carbonyl (C=O) groups excluding carboxylic acids is 4. The van der Waals surface area contributed by atoms with Gasteiger partial charge in [-0.15, -0.1) is 0 Å². The van der Waals surface area contributed by atoms with E-state index in [1.165, 1.54) is 6.33 Å². The van der Waals surface area contributed by atoms with Crippen LogP contribution in [0.25, 0.3) is 21.8 Å². The minimum atomic E-state index is -1.02. The van der Waals surface area contributed by atoms with E-state index in [1.54, 1.807) is 18.2 Å². The number of H-pyrrole nitrogens is 1. The molecule has 0 spiro atoms. The quantitative estimate of drug-likeness (QED) is 0.0664. The molecule has 1 saturated carbocycles. The van der Waals surface area contributed by atoms with Crippen molar-refractivity contribution in [3.63, 3.8) is 0 Å². The molecule has 17 heteroatoms. The van der Waals surface area contributed by atoms with E-state index in [4.69, 9.17) is 20.2 Å². The summed E-state index contributed by atoms with van der Waals surface area (Å²) in [5.74, 6) is -1.16. The predicted octanol–water partition coefficient (Wildman–Crippen LogP) is 3.24. The Hall–Kier alpha value is -6.17. The molecule has 1 unspecified atom stereocenters. The van der Waals surface area contributed by atoms with Gasteiger partial charge in [-0.3, -0.25) is 34.2 Å². The molecule has 0 bridgehead atoms. The number of fused-ring (bicyclic) bond motifs is 3. The summed E-state index contributed by atoms with van der Waals surface area (Å²) in [6.07, 6.45) is 7.67. The zero-order valence-corrected chi connectivity index (χ0v) is 31.2. The number of piperidine rings is 1. The van der Waals surface area contributed by atoms with Crippen LogP contribution >= 0.6 is 0 Å². The lowest BCUT2D eigenvalue weighted by molar-refractivity contribution is -0.136. The molecular weight excluding hydrogens is 733 g/mol. The van der Waals surface area contributed by atoms with E-state index >= 15 is 0 Å². The summed E-state index contributed by atoms with van der Waals surface area (Å²) in [5.41, 5.74) is 9.31. The largest absolute Gasteiger partial charge is 0.382 e. The number of carbonyl (C=O) groups is 4. The third-order valence-electron chi connectivity index (χ3n) is 10.7. The Bertz CT molecular complexity index is 2410. The van der Waals surface area contributed by atoms with Gasteiger partial charge in [0.2, 0.25) is 11.8 Å². The molecule has 7 N–H and O–H groups in total. The molecule has 57 heavy (non-hydrogen) atoms. The van der Waals surface area contributed by atoms with Crippen molar-refractivity contribution in [1.82, 2.24) is 29.7 Å². The van der Waals surface area contributed by atoms with E-state index in [0.29, 0.717) is 67.7 Å². The Kier molecular flexibility index (Phi) is 10.9. The van der Waals surface area contributed by atoms with Gasteiger partial charge in [-0.1, -0.05) is 25.0 Å². The number of nitrogens with one attached hydrogen (secondary N) is 5. The number of aromatic nitrogens is 4. The topological polar surface area (TPSA) is 228 Å². The van der Waals surface area contributed by atoms with Crippen LogP contribution in [0, 0.1) is 0 Å². The number of nitrogens with two attached hydrogens (primary N) is 1. The molecule has 4 amide bonds. The molecule has 8 rings (SSSR count). The second-order valence-electron chi connectivity index (χ2n) is 14.4. The number of ether oxygens (including phenoxy) is 2. The van der Waals surface area contributed by atoms with Crippen LogP contribution in [0.15, 0.2) is 65.8 Å². The summed E-state index contributed by atoms with van der Waals surface area (Å²) in [4.78, 5) is 76.1. The van der Waals surface area contributed by atoms with Crippen molar-refractivity contribution in [2.45, 2.75) is 63.2 Å². The van der Waals surface area contributed by atoms with Gasteiger partial charge in [-0.25, -0.2) is 4.98 Å². The first kappa shape index (κ1) is 37.7. The molecule has 2 aromatic carbocycles. The highest BCUT2D eigenvalue weighted by Crippen LogP contribution is 2.33. The second-order valence-corrected chi connectivity index (χ2v) is 14.4. The monoisotopic (exact) mass is 776 g/mol. The zero-order valence-electron chi connectivity index (χ0n) is 31.2. The summed E-state index contributed by atoms with van der Waals surface area (Å²) in [5, 5.41) is 13.6. The summed E-state index contributed by atoms with van der Waals surface area (Å²) < 4.78 is 13.7. The van der Waals surface area contributed by atoms with Crippen molar-refractivity contribution in [3.05, 3.63) is 82.5 Å². The van der Waals surface area contributed by atoms with Gasteiger partial charge in [0.25, 0.3) is 17.4 Å². The number of rotatable bonds is 15. The van der Waals surface area contributed by atoms with Crippen LogP contribution in [0.4, 0.5) is 23.0 Å². The van der Waals surface area contributed by atoms with E-state index in [1.807, 2.05) is 36.5 Å². The van der Waals surface area contributed by atoms with Crippen molar-refractivity contribution in [1.29, 1.82) is 0 Å². The van der Waals surface area contributed by atoms with E-state index in [9.17, 15) is 24.0 Å². The number of nitrogens with zero attached hydrogens (tertiary/aromatic N) is 4. The van der Waals surface area contributed by atoms with Gasteiger partial charge in [-0.2, -0.15) is 4.98 Å². The van der Waals surface area contributed by atoms with E-state index < -0.39 is 29.7 Å². The fourth-order valence-electron chi connectivity index (χ4n) is 7.85. The van der Waals surface area contributed by atoms with Crippen molar-refractivity contribution in [3.8, 4) is 0 Å². The minimum Gasteiger partial charge on any atom is -0.382 e. The maximum atomic E-state index is 13.3. The number of aromatic amines is 1. The lowest BCUT2D eigenvalue weighted by Crippen LogP contribution is -2.54. The van der Waals surface area contributed by atoms with Crippen molar-refractivity contribution < 1.29 is 28.7 Å². The Labute approximate surface area is 326 Å². The molecule has 0 radical (unpaired) electrons. The molecule has 3 aliphatic rings. The van der Waals surface area contributed by atoms with Crippen LogP contribution < -0.4 is 32.6 Å². The Morgan fingerprint density at radius 1 is 0.895 bits per heavy atom. The molecule has 17 nitrogen and oxygen atoms in total. The van der Waals surface area contributed by atoms with Gasteiger partial charge in [0.05, 0.1) is 54.9 Å². The van der Waals surface area contributed by atoms with Gasteiger partial charge in [0, 0.05) is 60.6 Å². The van der Waals surface area contributed by atoms with Gasteiger partial charge < -0.3 is 40.7 Å². The average molecular weight is 777 g/mol. The summed E-state index contributed by atoms with van der Waals surface area (Å²) in [7, 11) is 0. The number of hydrogen-bond donors (Lipinski definition) is 6. The van der Waals surface area contributed by atoms with Crippen molar-refractivity contribution in [2.75, 3.05) is 48.9 Å². The first-order chi connectivity index (χ1) is 27.8. The minimum absolute atomic E-state index is 0.0333. The van der Waals surface area contributed by atoms with E-state index in [0.717, 1.165) is 47.2 Å². The van der Waals surface area contributed by atoms with Crippen molar-refractivity contribution in [2.24, 2.45) is 5.73 Å². The molecule has 3 atom stereocenters. The lowest BCUT2D eigenvalue weighted by Gasteiger charge is -2.29. The van der Waals surface area contributed by atoms with Crippen LogP contribution in [0.5, 0.6) is 0 Å². The third-order valence-corrected chi connectivity index (χ3v) is 10.7. The SMILES string of the molecule is N[C@H]1CCCC[C@H]1Nc1cc2[nH]cnc(=O)c2c(Nc2cccc3c2ccn3CCOCCOCCNc2cccc3c2C(=O)N(C2CCC(=O)NC2=O)C3=O)n1. The van der Waals surface area contributed by atoms with E-state index in [2.05, 4.69) is 35.8 Å². The van der Waals surface area contributed by atoms with Crippen LogP contribution in [0.1, 0.15) is 59.2 Å². The molecule has 296 valence electrons. The van der Waals surface area contributed by atoms with E-state index in [-0.39, 0.29) is 41.6 Å². The molecular formula is C40H44N10O7. The van der Waals surface area contributed by atoms with Gasteiger partial charge >= 0.3 is 0 Å². The Balaban J connectivity index is 0.821. The Morgan fingerprint density at radius 2 is 1.70 bits per heavy atom. The molecule has 5 heterocycles. The maximum Gasteiger partial charge on any atom is 0.284 e. The zero-order chi connectivity index (χ0) is 39.5. The first-order valence-corrected chi connectivity index (χ1v) is 19.3. The fraction of sp³-hybridized carbons (Fsp3) is 0.375. The molecule has 3 aromatic heterocycles. The highest BCUT2D eigenvalue weighted by molar-refractivity contribution is 6.25. The van der Waals surface area contributed by atoms with Gasteiger partial charge in [0.15, 0.2) is 0 Å². The first-order valence-electron chi connectivity index (χ1n) is 19.3. The number of anilines is 4. The highest BCUT2D eigenvalue weighted by atomic mass is 16.5. The average Bonchev–Trinajstić information content (AvgIpc) is 3.73. The lowest BCUT2D eigenvalue weighted by atomic mass is 9.91. The molecule has 5 aromatic rings. The highest BCUT2D eigenvalue weighted by Gasteiger charge is 2.45. The molecule has 2 fully saturated rings. The maximum absolute atomic E-state index is 13.3. The van der Waals surface area contributed by atoms with Crippen LogP contribution in [-0.2, 0) is 25.6 Å². The number of pyridine rings is 1. The number of hydrogen-bond acceptors (Lipinski definition) is 13. The smallest absolute Gasteiger partial charge is 0.284 e. The molecule has 1 saturated heterocycles. The Morgan fingerprint density at radius 3 is 2.54 bits per heavy atom. The van der Waals surface area contributed by atoms with Crippen LogP contribution in [0.3, 0.4) is 0 Å². The molecule has 1 aliphatic carbocycles. The van der Waals surface area contributed by atoms with Crippen LogP contribution in [-0.4, -0.2) is 99.1 Å². The number of imide groups is 2. The summed E-state index contributed by atoms with van der Waals surface area (Å²) in [6, 6.07) is 13.8. The fourth-order valence-corrected chi connectivity index (χ4v) is 7.85. The van der Waals surface area contributed by atoms with Crippen molar-refractivity contribution >= 4 is 68.4 Å². The molecule has 2 aliphatic heterocycles. The number of amides is 4. The standard InChI is InChI=1S/C40H44N10O7/c41-25-6-1-2-7-27(25)45-32-21-29-35(38(53)44-22-43-29)36(47-32)46-26-8-4-10-30-23(26)13-15-49(30)16-18-57-20-19-56-17-14-42-28-9-3-5-24-34(28)40(55)50(39(24)54)31-11-12-33(51)48-37(31)52/h3-5,8-10,13,15,21-22,25,27,31,42H,1-2,6-7,11-12,14,16-20,41H2,(H,43,44,53)(H2,45,46,47)(H,48,51,52)/t25-,27+,31?/m0/s1. The van der Waals surface area contributed by atoms with Crippen LogP contribution in [0.2, 0.25) is 0 Å². The number of benzene rings is 2. The summed E-state index contributed by atoms with van der Waals surface area (Å²) >= 11 is 0. The third kappa shape index (κ3) is 7.81. The normalized spacial score (nSPS) is 19.6. The van der Waals surface area contributed by atoms with Gasteiger partial charge in [-0.05, 0) is 49.6 Å².